The van der Waals surface area contributed by atoms with Gasteiger partial charge in [-0.3, -0.25) is 9.59 Å². The summed E-state index contributed by atoms with van der Waals surface area (Å²) in [4.78, 5) is 24.1. The Hall–Kier alpha value is -2.93. The van der Waals surface area contributed by atoms with Gasteiger partial charge >= 0.3 is 5.97 Å². The molecule has 0 fully saturated rings. The van der Waals surface area contributed by atoms with Gasteiger partial charge in [0.15, 0.2) is 11.5 Å². The van der Waals surface area contributed by atoms with Crippen molar-refractivity contribution in [1.29, 1.82) is 0 Å². The number of ether oxygens (including phenoxy) is 4. The van der Waals surface area contributed by atoms with Crippen molar-refractivity contribution in [3.63, 3.8) is 0 Å². The van der Waals surface area contributed by atoms with Crippen molar-refractivity contribution < 1.29 is 28.5 Å². The second kappa shape index (κ2) is 10.0. The summed E-state index contributed by atoms with van der Waals surface area (Å²) in [6.07, 6.45) is 2.03. The molecule has 154 valence electrons. The molecule has 0 atom stereocenters. The van der Waals surface area contributed by atoms with Crippen molar-refractivity contribution in [2.75, 3.05) is 19.9 Å². The van der Waals surface area contributed by atoms with Gasteiger partial charge in [-0.1, -0.05) is 24.9 Å². The second-order valence-electron chi connectivity index (χ2n) is 6.38. The standard InChI is InChI=1S/C21H22ClNO6/c1-2-3-8-26-16-6-4-15(5-7-16)21(25)23-11-19(24)27-12-14-9-17(22)20-18(10-14)28-13-29-20/h4-7,9-10H,2-3,8,11-13H2,1H3,(H,23,25). The SMILES string of the molecule is CCCCOc1ccc(C(=O)NCC(=O)OCc2cc(Cl)c3c(c2)OCO3)cc1. The fraction of sp³-hybridized carbons (Fsp3) is 0.333. The Bertz CT molecular complexity index is 868. The summed E-state index contributed by atoms with van der Waals surface area (Å²) >= 11 is 6.10. The van der Waals surface area contributed by atoms with Crippen LogP contribution in [0.1, 0.15) is 35.7 Å². The molecule has 7 nitrogen and oxygen atoms in total. The maximum absolute atomic E-state index is 12.2. The first-order valence-corrected chi connectivity index (χ1v) is 9.69. The number of fused-ring (bicyclic) bond motifs is 1. The molecule has 0 aromatic heterocycles. The number of benzene rings is 2. The van der Waals surface area contributed by atoms with E-state index in [-0.39, 0.29) is 25.9 Å². The summed E-state index contributed by atoms with van der Waals surface area (Å²) < 4.78 is 21.2. The molecule has 8 heteroatoms. The third-order valence-electron chi connectivity index (χ3n) is 4.16. The van der Waals surface area contributed by atoms with Gasteiger partial charge in [0.2, 0.25) is 6.79 Å². The molecule has 1 aliphatic heterocycles. The second-order valence-corrected chi connectivity index (χ2v) is 6.79. The van der Waals surface area contributed by atoms with E-state index in [9.17, 15) is 9.59 Å². The average molecular weight is 420 g/mol. The molecule has 0 saturated carbocycles. The Morgan fingerprint density at radius 3 is 2.72 bits per heavy atom. The highest BCUT2D eigenvalue weighted by Crippen LogP contribution is 2.39. The van der Waals surface area contributed by atoms with E-state index in [4.69, 9.17) is 30.5 Å². The summed E-state index contributed by atoms with van der Waals surface area (Å²) in [6, 6.07) is 10.1. The quantitative estimate of drug-likeness (QED) is 0.492. The Balaban J connectivity index is 1.43. The van der Waals surface area contributed by atoms with Crippen molar-refractivity contribution in [1.82, 2.24) is 5.32 Å². The Kier molecular flexibility index (Phi) is 7.19. The predicted molar refractivity (Wildman–Crippen MR) is 107 cm³/mol. The number of nitrogens with one attached hydrogen (secondary N) is 1. The smallest absolute Gasteiger partial charge is 0.325 e. The minimum atomic E-state index is -0.563. The van der Waals surface area contributed by atoms with E-state index in [1.54, 1.807) is 36.4 Å². The van der Waals surface area contributed by atoms with E-state index >= 15 is 0 Å². The summed E-state index contributed by atoms with van der Waals surface area (Å²) in [6.45, 7) is 2.60. The molecule has 1 amide bonds. The summed E-state index contributed by atoms with van der Waals surface area (Å²) in [5.41, 5.74) is 1.10. The third-order valence-corrected chi connectivity index (χ3v) is 4.44. The molecule has 1 aliphatic rings. The molecule has 0 bridgehead atoms. The number of carbonyl (C=O) groups excluding carboxylic acids is 2. The number of hydrogen-bond acceptors (Lipinski definition) is 6. The zero-order valence-electron chi connectivity index (χ0n) is 16.0. The van der Waals surface area contributed by atoms with Gasteiger partial charge in [-0.2, -0.15) is 0 Å². The van der Waals surface area contributed by atoms with Crippen molar-refractivity contribution in [3.05, 3.63) is 52.5 Å². The zero-order valence-corrected chi connectivity index (χ0v) is 16.8. The maximum Gasteiger partial charge on any atom is 0.325 e. The topological polar surface area (TPSA) is 83.1 Å². The fourth-order valence-electron chi connectivity index (χ4n) is 2.61. The first-order chi connectivity index (χ1) is 14.1. The molecule has 0 spiro atoms. The molecule has 0 unspecified atom stereocenters. The van der Waals surface area contributed by atoms with Gasteiger partial charge in [-0.15, -0.1) is 0 Å². The highest BCUT2D eigenvalue weighted by molar-refractivity contribution is 6.32. The zero-order chi connectivity index (χ0) is 20.6. The lowest BCUT2D eigenvalue weighted by Gasteiger charge is -2.09. The number of unbranched alkanes of at least 4 members (excludes halogenated alkanes) is 1. The van der Waals surface area contributed by atoms with Gasteiger partial charge in [0.05, 0.1) is 11.6 Å². The minimum absolute atomic E-state index is 0.00879. The van der Waals surface area contributed by atoms with Gasteiger partial charge in [0, 0.05) is 5.56 Å². The number of carbonyl (C=O) groups is 2. The van der Waals surface area contributed by atoms with Crippen LogP contribution in [0.4, 0.5) is 0 Å². The van der Waals surface area contributed by atoms with Crippen LogP contribution in [0.2, 0.25) is 5.02 Å². The van der Waals surface area contributed by atoms with Crippen LogP contribution in [-0.2, 0) is 16.1 Å². The first kappa shape index (κ1) is 20.8. The summed E-state index contributed by atoms with van der Waals surface area (Å²) in [5.74, 6) is 0.770. The van der Waals surface area contributed by atoms with Gasteiger partial charge in [-0.25, -0.2) is 0 Å². The molecule has 2 aromatic carbocycles. The highest BCUT2D eigenvalue weighted by atomic mass is 35.5. The van der Waals surface area contributed by atoms with Gasteiger partial charge < -0.3 is 24.3 Å². The molecule has 29 heavy (non-hydrogen) atoms. The van der Waals surface area contributed by atoms with Crippen molar-refractivity contribution in [2.45, 2.75) is 26.4 Å². The number of rotatable bonds is 9. The summed E-state index contributed by atoms with van der Waals surface area (Å²) in [7, 11) is 0. The molecular formula is C21H22ClNO6. The lowest BCUT2D eigenvalue weighted by Crippen LogP contribution is -2.30. The van der Waals surface area contributed by atoms with Crippen molar-refractivity contribution in [3.8, 4) is 17.2 Å². The normalized spacial score (nSPS) is 11.8. The molecule has 0 radical (unpaired) electrons. The Morgan fingerprint density at radius 1 is 1.17 bits per heavy atom. The van der Waals surface area contributed by atoms with Gasteiger partial charge in [0.25, 0.3) is 5.91 Å². The number of amides is 1. The van der Waals surface area contributed by atoms with E-state index < -0.39 is 5.97 Å². The van der Waals surface area contributed by atoms with Crippen LogP contribution in [0.15, 0.2) is 36.4 Å². The Labute approximate surface area is 173 Å². The molecule has 3 rings (SSSR count). The third kappa shape index (κ3) is 5.77. The largest absolute Gasteiger partial charge is 0.494 e. The minimum Gasteiger partial charge on any atom is -0.494 e. The fourth-order valence-corrected chi connectivity index (χ4v) is 2.90. The van der Waals surface area contributed by atoms with E-state index in [0.717, 1.165) is 12.8 Å². The lowest BCUT2D eigenvalue weighted by atomic mass is 10.2. The first-order valence-electron chi connectivity index (χ1n) is 9.31. The number of esters is 1. The summed E-state index contributed by atoms with van der Waals surface area (Å²) in [5, 5.41) is 2.93. The maximum atomic E-state index is 12.2. The van der Waals surface area contributed by atoms with Crippen molar-refractivity contribution in [2.24, 2.45) is 0 Å². The Morgan fingerprint density at radius 2 is 1.97 bits per heavy atom. The van der Waals surface area contributed by atoms with Crippen LogP contribution in [0.5, 0.6) is 17.2 Å². The van der Waals surface area contributed by atoms with Crippen LogP contribution in [0.3, 0.4) is 0 Å². The number of halogens is 1. The lowest BCUT2D eigenvalue weighted by molar-refractivity contribution is -0.143. The molecule has 0 saturated heterocycles. The van der Waals surface area contributed by atoms with Gasteiger partial charge in [0.1, 0.15) is 18.9 Å². The van der Waals surface area contributed by atoms with E-state index in [0.29, 0.717) is 40.0 Å². The van der Waals surface area contributed by atoms with Crippen LogP contribution in [0, 0.1) is 0 Å². The molecule has 2 aromatic rings. The van der Waals surface area contributed by atoms with E-state index in [1.165, 1.54) is 0 Å². The van der Waals surface area contributed by atoms with Crippen molar-refractivity contribution >= 4 is 23.5 Å². The monoisotopic (exact) mass is 419 g/mol. The number of hydrogen-bond donors (Lipinski definition) is 1. The predicted octanol–water partition coefficient (Wildman–Crippen LogP) is 3.72. The van der Waals surface area contributed by atoms with Crippen LogP contribution < -0.4 is 19.5 Å². The van der Waals surface area contributed by atoms with Crippen LogP contribution in [-0.4, -0.2) is 31.8 Å². The average Bonchev–Trinajstić information content (AvgIpc) is 3.20. The van der Waals surface area contributed by atoms with E-state index in [1.807, 2.05) is 0 Å². The molecule has 0 aliphatic carbocycles. The van der Waals surface area contributed by atoms with Gasteiger partial charge in [-0.05, 0) is 48.4 Å². The highest BCUT2D eigenvalue weighted by Gasteiger charge is 2.19. The molecule has 1 N–H and O–H groups in total. The van der Waals surface area contributed by atoms with Crippen LogP contribution in [0.25, 0.3) is 0 Å². The molecular weight excluding hydrogens is 398 g/mol. The molecule has 1 heterocycles. The van der Waals surface area contributed by atoms with Crippen LogP contribution >= 0.6 is 11.6 Å². The van der Waals surface area contributed by atoms with E-state index in [2.05, 4.69) is 12.2 Å².